The third-order valence-electron chi connectivity index (χ3n) is 3.98. The molecule has 3 nitrogen and oxygen atoms in total. The minimum atomic E-state index is 0.590. The fraction of sp³-hybridized carbons (Fsp3) is 0.190. The second kappa shape index (κ2) is 8.27. The third-order valence-corrected chi connectivity index (χ3v) is 3.98. The van der Waals surface area contributed by atoms with Gasteiger partial charge in [0.1, 0.15) is 12.4 Å². The quantitative estimate of drug-likeness (QED) is 0.707. The van der Waals surface area contributed by atoms with E-state index in [1.807, 2.05) is 36.5 Å². The molecule has 0 bridgehead atoms. The highest BCUT2D eigenvalue weighted by Gasteiger charge is 2.04. The summed E-state index contributed by atoms with van der Waals surface area (Å²) >= 11 is 0. The first-order valence-electron chi connectivity index (χ1n) is 8.18. The smallest absolute Gasteiger partial charge is 0.124 e. The molecule has 3 aromatic rings. The summed E-state index contributed by atoms with van der Waals surface area (Å²) in [4.78, 5) is 4.13. The van der Waals surface area contributed by atoms with E-state index in [-0.39, 0.29) is 0 Å². The highest BCUT2D eigenvalue weighted by atomic mass is 16.5. The molecular weight excluding hydrogens is 296 g/mol. The van der Waals surface area contributed by atoms with E-state index in [0.717, 1.165) is 24.4 Å². The molecule has 0 aliphatic carbocycles. The van der Waals surface area contributed by atoms with Gasteiger partial charge in [0.15, 0.2) is 0 Å². The predicted octanol–water partition coefficient (Wildman–Crippen LogP) is 4.26. The summed E-state index contributed by atoms with van der Waals surface area (Å²) < 4.78 is 6.05. The lowest BCUT2D eigenvalue weighted by atomic mass is 10.1. The van der Waals surface area contributed by atoms with Gasteiger partial charge in [-0.25, -0.2) is 0 Å². The molecule has 0 aliphatic rings. The minimum absolute atomic E-state index is 0.590. The van der Waals surface area contributed by atoms with Gasteiger partial charge in [-0.2, -0.15) is 0 Å². The average molecular weight is 318 g/mol. The third kappa shape index (κ3) is 4.43. The predicted molar refractivity (Wildman–Crippen MR) is 96.7 cm³/mol. The number of nitrogens with zero attached hydrogens (tertiary/aromatic N) is 1. The standard InChI is InChI=1S/C21H22N2O/c1-17-7-2-3-10-20(17)16-24-21-11-5-4-9-19(21)15-23-14-18-8-6-12-22-13-18/h2-13,23H,14-16H2,1H3. The molecule has 3 rings (SSSR count). The number of aryl methyl sites for hydroxylation is 1. The van der Waals surface area contributed by atoms with Crippen LogP contribution in [0.5, 0.6) is 5.75 Å². The van der Waals surface area contributed by atoms with E-state index in [1.54, 1.807) is 6.20 Å². The van der Waals surface area contributed by atoms with E-state index >= 15 is 0 Å². The van der Waals surface area contributed by atoms with Gasteiger partial charge in [0, 0.05) is 31.0 Å². The van der Waals surface area contributed by atoms with E-state index in [4.69, 9.17) is 4.74 Å². The molecule has 0 radical (unpaired) electrons. The maximum atomic E-state index is 6.05. The summed E-state index contributed by atoms with van der Waals surface area (Å²) in [5, 5.41) is 3.45. The summed E-state index contributed by atoms with van der Waals surface area (Å²) in [5.41, 5.74) is 4.81. The topological polar surface area (TPSA) is 34.1 Å². The van der Waals surface area contributed by atoms with E-state index < -0.39 is 0 Å². The molecule has 24 heavy (non-hydrogen) atoms. The van der Waals surface area contributed by atoms with Gasteiger partial charge in [0.2, 0.25) is 0 Å². The Morgan fingerprint density at radius 3 is 2.46 bits per heavy atom. The van der Waals surface area contributed by atoms with Crippen LogP contribution in [0.4, 0.5) is 0 Å². The van der Waals surface area contributed by atoms with Crippen LogP contribution in [0.25, 0.3) is 0 Å². The largest absolute Gasteiger partial charge is 0.489 e. The Labute approximate surface area is 143 Å². The highest BCUT2D eigenvalue weighted by Crippen LogP contribution is 2.20. The van der Waals surface area contributed by atoms with Crippen molar-refractivity contribution in [2.75, 3.05) is 0 Å². The van der Waals surface area contributed by atoms with Gasteiger partial charge >= 0.3 is 0 Å². The fourth-order valence-corrected chi connectivity index (χ4v) is 2.56. The van der Waals surface area contributed by atoms with Gasteiger partial charge in [-0.05, 0) is 35.7 Å². The number of hydrogen-bond donors (Lipinski definition) is 1. The van der Waals surface area contributed by atoms with Crippen molar-refractivity contribution >= 4 is 0 Å². The van der Waals surface area contributed by atoms with Crippen LogP contribution in [0, 0.1) is 6.92 Å². The number of rotatable bonds is 7. The van der Waals surface area contributed by atoms with Crippen LogP contribution in [-0.2, 0) is 19.7 Å². The lowest BCUT2D eigenvalue weighted by Gasteiger charge is -2.13. The summed E-state index contributed by atoms with van der Waals surface area (Å²) in [6.45, 7) is 4.26. The van der Waals surface area contributed by atoms with Crippen molar-refractivity contribution in [2.24, 2.45) is 0 Å². The average Bonchev–Trinajstić information content (AvgIpc) is 2.63. The van der Waals surface area contributed by atoms with Crippen molar-refractivity contribution in [1.82, 2.24) is 10.3 Å². The van der Waals surface area contributed by atoms with Crippen LogP contribution in [0.2, 0.25) is 0 Å². The van der Waals surface area contributed by atoms with Gasteiger partial charge < -0.3 is 10.1 Å². The van der Waals surface area contributed by atoms with Crippen molar-refractivity contribution in [3.8, 4) is 5.75 Å². The van der Waals surface area contributed by atoms with Crippen LogP contribution in [0.15, 0.2) is 73.1 Å². The maximum absolute atomic E-state index is 6.05. The maximum Gasteiger partial charge on any atom is 0.124 e. The van der Waals surface area contributed by atoms with Gasteiger partial charge in [0.25, 0.3) is 0 Å². The Hall–Kier alpha value is -2.65. The van der Waals surface area contributed by atoms with Crippen molar-refractivity contribution in [3.63, 3.8) is 0 Å². The second-order valence-electron chi connectivity index (χ2n) is 5.79. The SMILES string of the molecule is Cc1ccccc1COc1ccccc1CNCc1cccnc1. The molecule has 0 atom stereocenters. The number of aromatic nitrogens is 1. The molecule has 0 saturated heterocycles. The number of pyridine rings is 1. The molecule has 0 amide bonds. The van der Waals surface area contributed by atoms with Gasteiger partial charge in [-0.1, -0.05) is 48.5 Å². The molecule has 0 fully saturated rings. The highest BCUT2D eigenvalue weighted by molar-refractivity contribution is 5.34. The van der Waals surface area contributed by atoms with E-state index in [2.05, 4.69) is 47.6 Å². The van der Waals surface area contributed by atoms with Crippen molar-refractivity contribution in [2.45, 2.75) is 26.6 Å². The number of para-hydroxylation sites is 1. The zero-order chi connectivity index (χ0) is 16.6. The molecule has 0 saturated carbocycles. The summed E-state index contributed by atoms with van der Waals surface area (Å²) in [6.07, 6.45) is 3.67. The van der Waals surface area contributed by atoms with E-state index in [1.165, 1.54) is 16.7 Å². The normalized spacial score (nSPS) is 10.5. The fourth-order valence-electron chi connectivity index (χ4n) is 2.56. The molecule has 2 aromatic carbocycles. The molecule has 1 N–H and O–H groups in total. The molecule has 0 spiro atoms. The van der Waals surface area contributed by atoms with Crippen molar-refractivity contribution in [3.05, 3.63) is 95.3 Å². The van der Waals surface area contributed by atoms with Crippen LogP contribution >= 0.6 is 0 Å². The molecule has 0 unspecified atom stereocenters. The Balaban J connectivity index is 1.59. The lowest BCUT2D eigenvalue weighted by Crippen LogP contribution is -2.13. The first-order valence-corrected chi connectivity index (χ1v) is 8.18. The summed E-state index contributed by atoms with van der Waals surface area (Å²) in [7, 11) is 0. The second-order valence-corrected chi connectivity index (χ2v) is 5.79. The Morgan fingerprint density at radius 1 is 0.875 bits per heavy atom. The first kappa shape index (κ1) is 16.2. The Bertz CT molecular complexity index is 772. The van der Waals surface area contributed by atoms with Gasteiger partial charge in [0.05, 0.1) is 0 Å². The van der Waals surface area contributed by atoms with Crippen LogP contribution in [0.1, 0.15) is 22.3 Å². The summed E-state index contributed by atoms with van der Waals surface area (Å²) in [5.74, 6) is 0.930. The zero-order valence-corrected chi connectivity index (χ0v) is 13.9. The molecule has 1 aromatic heterocycles. The zero-order valence-electron chi connectivity index (χ0n) is 13.9. The minimum Gasteiger partial charge on any atom is -0.489 e. The molecule has 0 aliphatic heterocycles. The monoisotopic (exact) mass is 318 g/mol. The van der Waals surface area contributed by atoms with E-state index in [0.29, 0.717) is 6.61 Å². The van der Waals surface area contributed by atoms with Gasteiger partial charge in [-0.3, -0.25) is 4.98 Å². The number of ether oxygens (including phenoxy) is 1. The van der Waals surface area contributed by atoms with Gasteiger partial charge in [-0.15, -0.1) is 0 Å². The molecular formula is C21H22N2O. The number of hydrogen-bond acceptors (Lipinski definition) is 3. The van der Waals surface area contributed by atoms with E-state index in [9.17, 15) is 0 Å². The number of benzene rings is 2. The molecule has 1 heterocycles. The molecule has 122 valence electrons. The number of nitrogens with one attached hydrogen (secondary N) is 1. The summed E-state index contributed by atoms with van der Waals surface area (Å²) in [6, 6.07) is 20.5. The van der Waals surface area contributed by atoms with Crippen LogP contribution in [-0.4, -0.2) is 4.98 Å². The molecule has 3 heteroatoms. The first-order chi connectivity index (χ1) is 11.8. The Morgan fingerprint density at radius 2 is 1.67 bits per heavy atom. The van der Waals surface area contributed by atoms with Crippen molar-refractivity contribution in [1.29, 1.82) is 0 Å². The van der Waals surface area contributed by atoms with Crippen LogP contribution in [0.3, 0.4) is 0 Å². The van der Waals surface area contributed by atoms with Crippen molar-refractivity contribution < 1.29 is 4.74 Å². The van der Waals surface area contributed by atoms with Crippen LogP contribution < -0.4 is 10.1 Å². The lowest BCUT2D eigenvalue weighted by molar-refractivity contribution is 0.301. The Kier molecular flexibility index (Phi) is 5.59.